The van der Waals surface area contributed by atoms with Gasteiger partial charge in [0, 0.05) is 24.8 Å². The average molecular weight is 310 g/mol. The molecule has 5 heteroatoms. The molecule has 0 aromatic heterocycles. The van der Waals surface area contributed by atoms with Gasteiger partial charge in [0.05, 0.1) is 6.54 Å². The van der Waals surface area contributed by atoms with Gasteiger partial charge in [-0.1, -0.05) is 12.1 Å². The van der Waals surface area contributed by atoms with Gasteiger partial charge in [-0.05, 0) is 49.9 Å². The number of hydrogen-bond donors (Lipinski definition) is 2. The molecule has 2 saturated heterocycles. The Morgan fingerprint density at radius 1 is 1.43 bits per heavy atom. The zero-order chi connectivity index (χ0) is 13.9. The Morgan fingerprint density at radius 3 is 3.10 bits per heavy atom. The Kier molecular flexibility index (Phi) is 5.62. The second-order valence-corrected chi connectivity index (χ2v) is 6.05. The van der Waals surface area contributed by atoms with Crippen LogP contribution in [0.3, 0.4) is 0 Å². The molecule has 1 aromatic carbocycles. The van der Waals surface area contributed by atoms with Gasteiger partial charge in [-0.2, -0.15) is 0 Å². The van der Waals surface area contributed by atoms with Crippen LogP contribution >= 0.6 is 12.4 Å². The van der Waals surface area contributed by atoms with Crippen LogP contribution in [-0.4, -0.2) is 43.0 Å². The lowest BCUT2D eigenvalue weighted by Gasteiger charge is -2.34. The summed E-state index contributed by atoms with van der Waals surface area (Å²) in [6.45, 7) is 5.76. The number of amides is 1. The summed E-state index contributed by atoms with van der Waals surface area (Å²) in [6.07, 6.45) is 2.42. The van der Waals surface area contributed by atoms with Crippen molar-refractivity contribution in [2.75, 3.05) is 31.5 Å². The van der Waals surface area contributed by atoms with Crippen LogP contribution in [0.4, 0.5) is 5.69 Å². The van der Waals surface area contributed by atoms with E-state index in [4.69, 9.17) is 0 Å². The quantitative estimate of drug-likeness (QED) is 0.898. The Labute approximate surface area is 132 Å². The highest BCUT2D eigenvalue weighted by Crippen LogP contribution is 2.24. The second-order valence-electron chi connectivity index (χ2n) is 6.05. The third-order valence-corrected chi connectivity index (χ3v) is 4.41. The fraction of sp³-hybridized carbons (Fsp3) is 0.562. The number of piperidine rings is 1. The molecule has 0 bridgehead atoms. The maximum absolute atomic E-state index is 12.1. The number of nitrogens with zero attached hydrogens (tertiary/aromatic N) is 1. The molecule has 0 saturated carbocycles. The minimum atomic E-state index is 0. The van der Waals surface area contributed by atoms with Gasteiger partial charge in [0.1, 0.15) is 0 Å². The number of carbonyl (C=O) groups excluding carboxylic acids is 1. The molecule has 0 radical (unpaired) electrons. The Hall–Kier alpha value is -1.10. The van der Waals surface area contributed by atoms with Crippen LogP contribution in [0, 0.1) is 12.8 Å². The van der Waals surface area contributed by atoms with Crippen molar-refractivity contribution in [3.05, 3.63) is 29.8 Å². The number of carbonyl (C=O) groups is 1. The Bertz CT molecular complexity index is 494. The van der Waals surface area contributed by atoms with Gasteiger partial charge in [0.15, 0.2) is 0 Å². The van der Waals surface area contributed by atoms with Crippen LogP contribution in [-0.2, 0) is 4.79 Å². The summed E-state index contributed by atoms with van der Waals surface area (Å²) in [6, 6.07) is 8.64. The number of hydrogen-bond acceptors (Lipinski definition) is 3. The molecule has 2 fully saturated rings. The lowest BCUT2D eigenvalue weighted by molar-refractivity contribution is -0.117. The normalized spacial score (nSPS) is 25.0. The predicted octanol–water partition coefficient (Wildman–Crippen LogP) is 2.04. The predicted molar refractivity (Wildman–Crippen MR) is 88.0 cm³/mol. The van der Waals surface area contributed by atoms with E-state index in [0.717, 1.165) is 31.2 Å². The topological polar surface area (TPSA) is 44.4 Å². The Balaban J connectivity index is 0.00000161. The number of halogens is 1. The zero-order valence-corrected chi connectivity index (χ0v) is 13.3. The van der Waals surface area contributed by atoms with E-state index in [1.807, 2.05) is 31.2 Å². The summed E-state index contributed by atoms with van der Waals surface area (Å²) in [5.74, 6) is 0.829. The lowest BCUT2D eigenvalue weighted by Crippen LogP contribution is -2.46. The monoisotopic (exact) mass is 309 g/mol. The van der Waals surface area contributed by atoms with E-state index >= 15 is 0 Å². The van der Waals surface area contributed by atoms with Gasteiger partial charge < -0.3 is 10.6 Å². The van der Waals surface area contributed by atoms with Crippen molar-refractivity contribution < 1.29 is 4.79 Å². The van der Waals surface area contributed by atoms with Gasteiger partial charge in [0.2, 0.25) is 5.91 Å². The molecule has 4 nitrogen and oxygen atoms in total. The highest BCUT2D eigenvalue weighted by Gasteiger charge is 2.32. The highest BCUT2D eigenvalue weighted by molar-refractivity contribution is 5.92. The Morgan fingerprint density at radius 2 is 2.29 bits per heavy atom. The molecule has 0 spiro atoms. The molecule has 1 amide bonds. The van der Waals surface area contributed by atoms with Gasteiger partial charge in [-0.25, -0.2) is 0 Å². The van der Waals surface area contributed by atoms with Crippen molar-refractivity contribution in [2.45, 2.75) is 25.8 Å². The maximum Gasteiger partial charge on any atom is 0.238 e. The van der Waals surface area contributed by atoms with E-state index in [9.17, 15) is 4.79 Å². The van der Waals surface area contributed by atoms with Crippen molar-refractivity contribution in [1.29, 1.82) is 0 Å². The summed E-state index contributed by atoms with van der Waals surface area (Å²) in [5.41, 5.74) is 2.06. The minimum Gasteiger partial charge on any atom is -0.325 e. The molecule has 2 aliphatic heterocycles. The molecule has 116 valence electrons. The number of fused-ring (bicyclic) bond motifs is 1. The SMILES string of the molecule is Cc1cccc(NC(=O)CN2CCC3NCCC3C2)c1.Cl. The van der Waals surface area contributed by atoms with Crippen LogP contribution in [0.2, 0.25) is 0 Å². The largest absolute Gasteiger partial charge is 0.325 e. The van der Waals surface area contributed by atoms with Gasteiger partial charge in [-0.15, -0.1) is 12.4 Å². The van der Waals surface area contributed by atoms with E-state index in [-0.39, 0.29) is 18.3 Å². The fourth-order valence-electron chi connectivity index (χ4n) is 3.39. The fourth-order valence-corrected chi connectivity index (χ4v) is 3.39. The van der Waals surface area contributed by atoms with Crippen molar-refractivity contribution >= 4 is 24.0 Å². The van der Waals surface area contributed by atoms with Crippen LogP contribution in [0.1, 0.15) is 18.4 Å². The molecule has 0 aliphatic carbocycles. The van der Waals surface area contributed by atoms with Crippen molar-refractivity contribution in [3.63, 3.8) is 0 Å². The molecule has 21 heavy (non-hydrogen) atoms. The first-order valence-electron chi connectivity index (χ1n) is 7.53. The van der Waals surface area contributed by atoms with E-state index in [2.05, 4.69) is 15.5 Å². The third-order valence-electron chi connectivity index (χ3n) is 4.41. The summed E-state index contributed by atoms with van der Waals surface area (Å²) in [7, 11) is 0. The molecule has 1 aromatic rings. The highest BCUT2D eigenvalue weighted by atomic mass is 35.5. The van der Waals surface area contributed by atoms with E-state index in [1.165, 1.54) is 18.4 Å². The number of benzene rings is 1. The van der Waals surface area contributed by atoms with Crippen LogP contribution in [0.25, 0.3) is 0 Å². The van der Waals surface area contributed by atoms with Crippen LogP contribution in [0.15, 0.2) is 24.3 Å². The standard InChI is InChI=1S/C16H23N3O.ClH/c1-12-3-2-4-14(9-12)18-16(20)11-19-8-6-15-13(10-19)5-7-17-15;/h2-4,9,13,15,17H,5-8,10-11H2,1H3,(H,18,20);1H. The van der Waals surface area contributed by atoms with E-state index in [0.29, 0.717) is 12.6 Å². The second kappa shape index (κ2) is 7.25. The van der Waals surface area contributed by atoms with Gasteiger partial charge in [-0.3, -0.25) is 9.69 Å². The molecule has 2 atom stereocenters. The lowest BCUT2D eigenvalue weighted by atomic mass is 9.93. The molecule has 2 unspecified atom stereocenters. The molecular formula is C16H24ClN3O. The first-order chi connectivity index (χ1) is 9.70. The number of nitrogens with one attached hydrogen (secondary N) is 2. The summed E-state index contributed by atoms with van der Waals surface area (Å²) >= 11 is 0. The molecule has 3 rings (SSSR count). The van der Waals surface area contributed by atoms with Crippen LogP contribution < -0.4 is 10.6 Å². The van der Waals surface area contributed by atoms with E-state index < -0.39 is 0 Å². The first kappa shape index (κ1) is 16.3. The molecule has 2 N–H and O–H groups in total. The van der Waals surface area contributed by atoms with Crippen LogP contribution in [0.5, 0.6) is 0 Å². The number of aryl methyl sites for hydroxylation is 1. The first-order valence-corrected chi connectivity index (χ1v) is 7.53. The summed E-state index contributed by atoms with van der Waals surface area (Å²) < 4.78 is 0. The van der Waals surface area contributed by atoms with Crippen molar-refractivity contribution in [1.82, 2.24) is 10.2 Å². The number of likely N-dealkylation sites (tertiary alicyclic amines) is 1. The summed E-state index contributed by atoms with van der Waals surface area (Å²) in [5, 5.41) is 6.54. The van der Waals surface area contributed by atoms with E-state index in [1.54, 1.807) is 0 Å². The molecular weight excluding hydrogens is 286 g/mol. The maximum atomic E-state index is 12.1. The zero-order valence-electron chi connectivity index (χ0n) is 12.5. The van der Waals surface area contributed by atoms with Gasteiger partial charge in [0.25, 0.3) is 0 Å². The molecule has 2 aliphatic rings. The smallest absolute Gasteiger partial charge is 0.238 e. The number of anilines is 1. The molecule has 2 heterocycles. The van der Waals surface area contributed by atoms with Gasteiger partial charge >= 0.3 is 0 Å². The average Bonchev–Trinajstić information content (AvgIpc) is 2.86. The van der Waals surface area contributed by atoms with Crippen molar-refractivity contribution in [2.24, 2.45) is 5.92 Å². The minimum absolute atomic E-state index is 0. The third kappa shape index (κ3) is 4.19. The van der Waals surface area contributed by atoms with Crippen molar-refractivity contribution in [3.8, 4) is 0 Å². The number of rotatable bonds is 3. The summed E-state index contributed by atoms with van der Waals surface area (Å²) in [4.78, 5) is 14.4.